The molecule has 9 heteroatoms. The Kier molecular flexibility index (Phi) is 4.44. The monoisotopic (exact) mass is 395 g/mol. The number of amides is 1. The summed E-state index contributed by atoms with van der Waals surface area (Å²) in [6.07, 6.45) is 8.01. The molecule has 0 bridgehead atoms. The third-order valence-electron chi connectivity index (χ3n) is 5.92. The van der Waals surface area contributed by atoms with Crippen LogP contribution in [-0.4, -0.2) is 59.3 Å². The van der Waals surface area contributed by atoms with Crippen molar-refractivity contribution in [1.82, 2.24) is 34.2 Å². The lowest BCUT2D eigenvalue weighted by Crippen LogP contribution is -2.30. The van der Waals surface area contributed by atoms with Gasteiger partial charge < -0.3 is 14.2 Å². The molecule has 1 unspecified atom stereocenters. The summed E-state index contributed by atoms with van der Waals surface area (Å²) in [6, 6.07) is 0. The summed E-state index contributed by atoms with van der Waals surface area (Å²) < 4.78 is 10.2. The van der Waals surface area contributed by atoms with Gasteiger partial charge in [-0.2, -0.15) is 10.1 Å². The lowest BCUT2D eigenvalue weighted by molar-refractivity contribution is -0.130. The molecule has 3 aromatic heterocycles. The van der Waals surface area contributed by atoms with Crippen molar-refractivity contribution >= 4 is 17.1 Å². The van der Waals surface area contributed by atoms with E-state index in [0.717, 1.165) is 43.0 Å². The predicted octanol–water partition coefficient (Wildman–Crippen LogP) is 1.95. The highest BCUT2D eigenvalue weighted by Gasteiger charge is 2.29. The van der Waals surface area contributed by atoms with E-state index in [4.69, 9.17) is 9.72 Å². The Morgan fingerprint density at radius 3 is 3.03 bits per heavy atom. The summed E-state index contributed by atoms with van der Waals surface area (Å²) >= 11 is 0. The van der Waals surface area contributed by atoms with Crippen LogP contribution in [0, 0.1) is 0 Å². The zero-order valence-corrected chi connectivity index (χ0v) is 16.8. The Morgan fingerprint density at radius 2 is 2.17 bits per heavy atom. The number of imidazole rings is 1. The molecule has 1 atom stereocenters. The number of aromatic nitrogens is 6. The number of ether oxygens (including phenoxy) is 1. The maximum Gasteiger partial charge on any atom is 0.245 e. The van der Waals surface area contributed by atoms with Crippen LogP contribution in [0.15, 0.2) is 12.5 Å². The van der Waals surface area contributed by atoms with Gasteiger partial charge in [0.15, 0.2) is 11.2 Å². The van der Waals surface area contributed by atoms with Crippen molar-refractivity contribution in [3.63, 3.8) is 0 Å². The average Bonchev–Trinajstić information content (AvgIpc) is 3.46. The maximum absolute atomic E-state index is 11.9. The highest BCUT2D eigenvalue weighted by molar-refractivity contribution is 5.81. The fraction of sp³-hybridized carbons (Fsp3) is 0.550. The first-order chi connectivity index (χ1) is 14.2. The number of rotatable bonds is 4. The minimum atomic E-state index is -0.0713. The molecule has 0 N–H and O–H groups in total. The summed E-state index contributed by atoms with van der Waals surface area (Å²) in [4.78, 5) is 27.4. The second kappa shape index (κ2) is 7.13. The van der Waals surface area contributed by atoms with Crippen LogP contribution in [0.4, 0.5) is 0 Å². The molecule has 0 radical (unpaired) electrons. The summed E-state index contributed by atoms with van der Waals surface area (Å²) in [5, 5.41) is 4.54. The summed E-state index contributed by atoms with van der Waals surface area (Å²) in [7, 11) is 1.96. The highest BCUT2D eigenvalue weighted by atomic mass is 16.5. The van der Waals surface area contributed by atoms with Crippen molar-refractivity contribution in [2.75, 3.05) is 13.1 Å². The minimum absolute atomic E-state index is 0.0713. The van der Waals surface area contributed by atoms with Crippen molar-refractivity contribution in [3.8, 4) is 17.3 Å². The number of nitrogens with zero attached hydrogens (tertiary/aromatic N) is 7. The number of carbonyl (C=O) groups is 1. The number of hydrogen-bond acceptors (Lipinski definition) is 6. The second-order valence-electron chi connectivity index (χ2n) is 7.75. The second-order valence-corrected chi connectivity index (χ2v) is 7.75. The van der Waals surface area contributed by atoms with Gasteiger partial charge in [-0.25, -0.2) is 9.97 Å². The van der Waals surface area contributed by atoms with E-state index < -0.39 is 0 Å². The normalized spacial score (nSPS) is 19.0. The average molecular weight is 395 g/mol. The van der Waals surface area contributed by atoms with Gasteiger partial charge in [0.2, 0.25) is 11.8 Å². The van der Waals surface area contributed by atoms with E-state index in [0.29, 0.717) is 24.4 Å². The number of hydrogen-bond donors (Lipinski definition) is 0. The Bertz CT molecular complexity index is 1070. The maximum atomic E-state index is 11.9. The molecule has 0 spiro atoms. The van der Waals surface area contributed by atoms with Gasteiger partial charge in [0.05, 0.1) is 18.3 Å². The number of fused-ring (bicyclic) bond motifs is 2. The Hall–Kier alpha value is -2.97. The Morgan fingerprint density at radius 1 is 1.28 bits per heavy atom. The van der Waals surface area contributed by atoms with Gasteiger partial charge in [-0.1, -0.05) is 6.92 Å². The largest absolute Gasteiger partial charge is 0.471 e. The summed E-state index contributed by atoms with van der Waals surface area (Å²) in [5.41, 5.74) is 3.67. The molecular weight excluding hydrogens is 370 g/mol. The van der Waals surface area contributed by atoms with Crippen molar-refractivity contribution < 1.29 is 9.53 Å². The van der Waals surface area contributed by atoms with Gasteiger partial charge in [0.1, 0.15) is 18.3 Å². The molecule has 2 aliphatic rings. The molecular formula is C20H25N7O2. The van der Waals surface area contributed by atoms with Crippen molar-refractivity contribution in [3.05, 3.63) is 18.2 Å². The van der Waals surface area contributed by atoms with Crippen LogP contribution in [0.1, 0.15) is 38.3 Å². The lowest BCUT2D eigenvalue weighted by Gasteiger charge is -2.16. The molecule has 5 rings (SSSR count). The van der Waals surface area contributed by atoms with E-state index in [2.05, 4.69) is 19.7 Å². The third kappa shape index (κ3) is 3.04. The first-order valence-corrected chi connectivity index (χ1v) is 10.3. The number of carbonyl (C=O) groups excluding carboxylic acids is 1. The van der Waals surface area contributed by atoms with Gasteiger partial charge in [-0.05, 0) is 19.3 Å². The highest BCUT2D eigenvalue weighted by Crippen LogP contribution is 2.31. The van der Waals surface area contributed by atoms with Gasteiger partial charge in [-0.3, -0.25) is 9.48 Å². The molecule has 9 nitrogen and oxygen atoms in total. The smallest absolute Gasteiger partial charge is 0.245 e. The molecule has 29 heavy (non-hydrogen) atoms. The van der Waals surface area contributed by atoms with E-state index in [-0.39, 0.29) is 12.0 Å². The molecule has 152 valence electrons. The quantitative estimate of drug-likeness (QED) is 0.671. The fourth-order valence-electron chi connectivity index (χ4n) is 4.35. The number of likely N-dealkylation sites (tertiary alicyclic amines) is 1. The number of aryl methyl sites for hydroxylation is 2. The Balaban J connectivity index is 1.47. The van der Waals surface area contributed by atoms with Crippen LogP contribution in [0.25, 0.3) is 22.6 Å². The lowest BCUT2D eigenvalue weighted by atomic mass is 10.1. The first kappa shape index (κ1) is 18.1. The van der Waals surface area contributed by atoms with Crippen molar-refractivity contribution in [2.24, 2.45) is 7.05 Å². The topological polar surface area (TPSA) is 91.0 Å². The zero-order chi connectivity index (χ0) is 20.0. The summed E-state index contributed by atoms with van der Waals surface area (Å²) in [6.45, 7) is 4.16. The van der Waals surface area contributed by atoms with E-state index in [9.17, 15) is 4.79 Å². The molecule has 2 aliphatic heterocycles. The van der Waals surface area contributed by atoms with E-state index in [1.54, 1.807) is 0 Å². The van der Waals surface area contributed by atoms with Crippen LogP contribution in [0.2, 0.25) is 0 Å². The van der Waals surface area contributed by atoms with Crippen molar-refractivity contribution in [2.45, 2.75) is 51.7 Å². The predicted molar refractivity (Wildman–Crippen MR) is 106 cm³/mol. The van der Waals surface area contributed by atoms with Gasteiger partial charge in [-0.15, -0.1) is 0 Å². The van der Waals surface area contributed by atoms with Gasteiger partial charge in [0.25, 0.3) is 0 Å². The molecule has 1 amide bonds. The first-order valence-electron chi connectivity index (χ1n) is 10.3. The zero-order valence-electron chi connectivity index (χ0n) is 16.8. The molecule has 0 aliphatic carbocycles. The van der Waals surface area contributed by atoms with E-state index in [1.807, 2.05) is 29.6 Å². The van der Waals surface area contributed by atoms with Crippen LogP contribution in [0.3, 0.4) is 0 Å². The minimum Gasteiger partial charge on any atom is -0.471 e. The van der Waals surface area contributed by atoms with Crippen LogP contribution < -0.4 is 4.74 Å². The Labute approximate surface area is 168 Å². The van der Waals surface area contributed by atoms with Crippen LogP contribution in [0.5, 0.6) is 5.88 Å². The SMILES string of the molecule is CCC(=O)N1CCC(Oc2ncnc3c2nc(-c2cnn4c2CCCC4)n3C)C1. The van der Waals surface area contributed by atoms with Crippen LogP contribution >= 0.6 is 0 Å². The molecule has 3 aromatic rings. The van der Waals surface area contributed by atoms with Crippen LogP contribution in [-0.2, 0) is 24.8 Å². The molecule has 1 fully saturated rings. The third-order valence-corrected chi connectivity index (χ3v) is 5.92. The standard InChI is InChI=1S/C20H25N7O2/c1-3-16(28)26-9-7-13(11-26)29-20-17-19(21-12-22-20)25(2)18(24-17)14-10-23-27-8-5-4-6-15(14)27/h10,12-13H,3-9,11H2,1-2H3. The molecule has 5 heterocycles. The summed E-state index contributed by atoms with van der Waals surface area (Å²) in [5.74, 6) is 1.48. The van der Waals surface area contributed by atoms with Crippen molar-refractivity contribution in [1.29, 1.82) is 0 Å². The van der Waals surface area contributed by atoms with E-state index >= 15 is 0 Å². The van der Waals surface area contributed by atoms with Gasteiger partial charge in [0, 0.05) is 38.7 Å². The van der Waals surface area contributed by atoms with Gasteiger partial charge >= 0.3 is 0 Å². The molecule has 1 saturated heterocycles. The molecule has 0 aromatic carbocycles. The fourth-order valence-corrected chi connectivity index (χ4v) is 4.35. The van der Waals surface area contributed by atoms with E-state index in [1.165, 1.54) is 24.9 Å². The molecule has 0 saturated carbocycles.